The van der Waals surface area contributed by atoms with Gasteiger partial charge in [-0.3, -0.25) is 4.98 Å². The molecule has 0 saturated heterocycles. The van der Waals surface area contributed by atoms with Crippen molar-refractivity contribution in [3.05, 3.63) is 23.2 Å². The van der Waals surface area contributed by atoms with Crippen LogP contribution >= 0.6 is 27.7 Å². The first-order chi connectivity index (χ1) is 7.18. The van der Waals surface area contributed by atoms with Crippen molar-refractivity contribution in [2.24, 2.45) is 7.05 Å². The minimum Gasteiger partial charge on any atom is -0.397 e. The van der Waals surface area contributed by atoms with Crippen LogP contribution in [0.25, 0.3) is 0 Å². The molecule has 2 aromatic heterocycles. The van der Waals surface area contributed by atoms with Gasteiger partial charge in [0, 0.05) is 13.2 Å². The number of hydrogen-bond donors (Lipinski definition) is 1. The first-order valence-corrected chi connectivity index (χ1v) is 5.70. The lowest BCUT2D eigenvalue weighted by Gasteiger charge is -2.05. The average Bonchev–Trinajstić information content (AvgIpc) is 2.58. The lowest BCUT2D eigenvalue weighted by Crippen LogP contribution is -1.94. The molecular weight excluding hydrogens is 278 g/mol. The molecule has 15 heavy (non-hydrogen) atoms. The predicted octanol–water partition coefficient (Wildman–Crippen LogP) is 1.71. The number of hydrogen-bond acceptors (Lipinski definition) is 5. The van der Waals surface area contributed by atoms with E-state index in [9.17, 15) is 0 Å². The van der Waals surface area contributed by atoms with E-state index in [-0.39, 0.29) is 0 Å². The number of anilines is 1. The monoisotopic (exact) mass is 285 g/mol. The van der Waals surface area contributed by atoms with Crippen LogP contribution in [0, 0.1) is 0 Å². The van der Waals surface area contributed by atoms with E-state index in [0.29, 0.717) is 5.69 Å². The van der Waals surface area contributed by atoms with Crippen LogP contribution in [-0.4, -0.2) is 19.7 Å². The Kier molecular flexibility index (Phi) is 2.92. The molecule has 0 aliphatic rings. The van der Waals surface area contributed by atoms with E-state index in [1.165, 1.54) is 11.8 Å². The van der Waals surface area contributed by atoms with Crippen LogP contribution in [0.2, 0.25) is 0 Å². The maximum atomic E-state index is 5.82. The molecule has 2 heterocycles. The lowest BCUT2D eigenvalue weighted by molar-refractivity contribution is 0.788. The van der Waals surface area contributed by atoms with E-state index < -0.39 is 0 Å². The van der Waals surface area contributed by atoms with Crippen molar-refractivity contribution in [3.63, 3.8) is 0 Å². The number of rotatable bonds is 2. The van der Waals surface area contributed by atoms with Crippen LogP contribution < -0.4 is 5.73 Å². The summed E-state index contributed by atoms with van der Waals surface area (Å²) in [7, 11) is 1.88. The fourth-order valence-corrected chi connectivity index (χ4v) is 2.37. The molecule has 0 saturated carbocycles. The fourth-order valence-electron chi connectivity index (χ4n) is 1.00. The summed E-state index contributed by atoms with van der Waals surface area (Å²) in [6.45, 7) is 0. The van der Waals surface area contributed by atoms with Crippen molar-refractivity contribution in [1.29, 1.82) is 0 Å². The number of pyridine rings is 1. The number of nitrogens with two attached hydrogens (primary N) is 1. The molecule has 0 radical (unpaired) electrons. The van der Waals surface area contributed by atoms with E-state index in [4.69, 9.17) is 5.73 Å². The van der Waals surface area contributed by atoms with Crippen molar-refractivity contribution in [1.82, 2.24) is 19.7 Å². The summed E-state index contributed by atoms with van der Waals surface area (Å²) in [4.78, 5) is 4.87. The first-order valence-electron chi connectivity index (χ1n) is 4.09. The highest BCUT2D eigenvalue weighted by Crippen LogP contribution is 2.35. The van der Waals surface area contributed by atoms with Crippen LogP contribution in [0.3, 0.4) is 0 Å². The summed E-state index contributed by atoms with van der Waals surface area (Å²) in [6, 6.07) is 0. The van der Waals surface area contributed by atoms with Crippen molar-refractivity contribution >= 4 is 33.4 Å². The summed E-state index contributed by atoms with van der Waals surface area (Å²) >= 11 is 4.85. The SMILES string of the molecule is Cn1cnnc1Sc1c(N)cncc1Br. The Morgan fingerprint density at radius 1 is 1.47 bits per heavy atom. The zero-order valence-corrected chi connectivity index (χ0v) is 10.3. The third-order valence-electron chi connectivity index (χ3n) is 1.74. The second kappa shape index (κ2) is 4.19. The lowest BCUT2D eigenvalue weighted by atomic mass is 10.4. The molecule has 0 aromatic carbocycles. The van der Waals surface area contributed by atoms with Gasteiger partial charge in [-0.25, -0.2) is 0 Å². The average molecular weight is 286 g/mol. The second-order valence-corrected chi connectivity index (χ2v) is 4.70. The summed E-state index contributed by atoms with van der Waals surface area (Å²) in [5.74, 6) is 0. The van der Waals surface area contributed by atoms with Crippen LogP contribution in [-0.2, 0) is 7.05 Å². The highest BCUT2D eigenvalue weighted by atomic mass is 79.9. The van der Waals surface area contributed by atoms with Crippen LogP contribution in [0.1, 0.15) is 0 Å². The normalized spacial score (nSPS) is 10.5. The Hall–Kier alpha value is -1.08. The van der Waals surface area contributed by atoms with Gasteiger partial charge in [0.2, 0.25) is 0 Å². The van der Waals surface area contributed by atoms with Crippen molar-refractivity contribution in [2.75, 3.05) is 5.73 Å². The summed E-state index contributed by atoms with van der Waals surface area (Å²) < 4.78 is 2.69. The molecule has 78 valence electrons. The number of nitrogens with zero attached hydrogens (tertiary/aromatic N) is 4. The molecule has 2 N–H and O–H groups in total. The van der Waals surface area contributed by atoms with Gasteiger partial charge in [0.15, 0.2) is 5.16 Å². The van der Waals surface area contributed by atoms with E-state index in [1.54, 1.807) is 18.7 Å². The minimum atomic E-state index is 0.623. The van der Waals surface area contributed by atoms with Gasteiger partial charge in [0.1, 0.15) is 6.33 Å². The molecule has 0 aliphatic carbocycles. The summed E-state index contributed by atoms with van der Waals surface area (Å²) in [5, 5.41) is 8.56. The number of halogens is 1. The third kappa shape index (κ3) is 2.13. The van der Waals surface area contributed by atoms with Crippen LogP contribution in [0.4, 0.5) is 5.69 Å². The minimum absolute atomic E-state index is 0.623. The van der Waals surface area contributed by atoms with Gasteiger partial charge < -0.3 is 10.3 Å². The Bertz CT molecular complexity index is 463. The van der Waals surface area contributed by atoms with E-state index in [0.717, 1.165) is 14.5 Å². The Morgan fingerprint density at radius 2 is 2.27 bits per heavy atom. The van der Waals surface area contributed by atoms with E-state index in [1.807, 2.05) is 11.6 Å². The standard InChI is InChI=1S/C8H8BrN5S/c1-14-4-12-13-8(14)15-7-5(9)2-11-3-6(7)10/h2-4H,10H2,1H3. The van der Waals surface area contributed by atoms with Gasteiger partial charge in [-0.1, -0.05) is 0 Å². The van der Waals surface area contributed by atoms with Gasteiger partial charge in [-0.15, -0.1) is 10.2 Å². The summed E-state index contributed by atoms with van der Waals surface area (Å²) in [6.07, 6.45) is 4.96. The Morgan fingerprint density at radius 3 is 2.87 bits per heavy atom. The second-order valence-electron chi connectivity index (χ2n) is 2.87. The highest BCUT2D eigenvalue weighted by molar-refractivity contribution is 9.10. The fraction of sp³-hybridized carbons (Fsp3) is 0.125. The van der Waals surface area contributed by atoms with Gasteiger partial charge >= 0.3 is 0 Å². The topological polar surface area (TPSA) is 69.6 Å². The maximum Gasteiger partial charge on any atom is 0.195 e. The van der Waals surface area contributed by atoms with Gasteiger partial charge in [0.05, 0.1) is 21.3 Å². The molecule has 0 unspecified atom stereocenters. The molecule has 0 spiro atoms. The Balaban J connectivity index is 2.36. The van der Waals surface area contributed by atoms with Crippen LogP contribution in [0.15, 0.2) is 33.2 Å². The summed E-state index contributed by atoms with van der Waals surface area (Å²) in [5.41, 5.74) is 6.44. The molecule has 5 nitrogen and oxygen atoms in total. The number of aryl methyl sites for hydroxylation is 1. The van der Waals surface area contributed by atoms with Gasteiger partial charge in [-0.05, 0) is 27.7 Å². The van der Waals surface area contributed by atoms with Crippen molar-refractivity contribution < 1.29 is 0 Å². The molecule has 7 heteroatoms. The van der Waals surface area contributed by atoms with Gasteiger partial charge in [0.25, 0.3) is 0 Å². The quantitative estimate of drug-likeness (QED) is 0.910. The molecule has 0 bridgehead atoms. The molecule has 0 aliphatic heterocycles. The largest absolute Gasteiger partial charge is 0.397 e. The van der Waals surface area contributed by atoms with E-state index >= 15 is 0 Å². The third-order valence-corrected chi connectivity index (χ3v) is 3.82. The van der Waals surface area contributed by atoms with Crippen molar-refractivity contribution in [3.8, 4) is 0 Å². The van der Waals surface area contributed by atoms with Crippen molar-refractivity contribution in [2.45, 2.75) is 10.1 Å². The zero-order valence-electron chi connectivity index (χ0n) is 7.88. The molecule has 0 atom stereocenters. The molecule has 2 aromatic rings. The smallest absolute Gasteiger partial charge is 0.195 e. The highest BCUT2D eigenvalue weighted by Gasteiger charge is 2.10. The van der Waals surface area contributed by atoms with Crippen LogP contribution in [0.5, 0.6) is 0 Å². The Labute approximate surface area is 99.2 Å². The van der Waals surface area contributed by atoms with Gasteiger partial charge in [-0.2, -0.15) is 0 Å². The molecular formula is C8H8BrN5S. The number of nitrogen functional groups attached to an aromatic ring is 1. The maximum absolute atomic E-state index is 5.82. The first kappa shape index (κ1) is 10.4. The zero-order chi connectivity index (χ0) is 10.8. The molecule has 0 fully saturated rings. The number of aromatic nitrogens is 4. The molecule has 0 amide bonds. The molecule has 2 rings (SSSR count). The predicted molar refractivity (Wildman–Crippen MR) is 61.5 cm³/mol. The van der Waals surface area contributed by atoms with E-state index in [2.05, 4.69) is 31.1 Å².